The van der Waals surface area contributed by atoms with Crippen molar-refractivity contribution in [2.75, 3.05) is 31.1 Å². The van der Waals surface area contributed by atoms with Crippen molar-refractivity contribution in [2.45, 2.75) is 20.4 Å². The highest BCUT2D eigenvalue weighted by atomic mass is 32.1. The Hall–Kier alpha value is -3.45. The van der Waals surface area contributed by atoms with E-state index in [0.717, 1.165) is 35.1 Å². The molecule has 13 heteroatoms. The van der Waals surface area contributed by atoms with E-state index < -0.39 is 28.8 Å². The topological polar surface area (TPSA) is 98.3 Å². The maximum absolute atomic E-state index is 14.3. The quantitative estimate of drug-likeness (QED) is 0.362. The summed E-state index contributed by atoms with van der Waals surface area (Å²) >= 11 is 1.01. The first-order valence-corrected chi connectivity index (χ1v) is 11.9. The van der Waals surface area contributed by atoms with E-state index in [1.54, 1.807) is 0 Å². The fourth-order valence-electron chi connectivity index (χ4n) is 3.92. The maximum Gasteiger partial charge on any atom is 0.332 e. The number of rotatable bonds is 8. The van der Waals surface area contributed by atoms with Crippen LogP contribution in [0.15, 0.2) is 28.0 Å². The third-order valence-electron chi connectivity index (χ3n) is 5.99. The van der Waals surface area contributed by atoms with Gasteiger partial charge in [-0.05, 0) is 19.2 Å². The number of aryl methyl sites for hydroxylation is 1. The van der Waals surface area contributed by atoms with Gasteiger partial charge in [0.25, 0.3) is 5.56 Å². The van der Waals surface area contributed by atoms with E-state index >= 15 is 0 Å². The van der Waals surface area contributed by atoms with E-state index in [1.165, 1.54) is 40.5 Å². The summed E-state index contributed by atoms with van der Waals surface area (Å²) in [6.07, 6.45) is 1.33. The Morgan fingerprint density at radius 3 is 2.49 bits per heavy atom. The number of likely N-dealkylation sites (N-methyl/N-ethyl adjacent to an activating group) is 1. The van der Waals surface area contributed by atoms with E-state index in [2.05, 4.69) is 14.9 Å². The summed E-state index contributed by atoms with van der Waals surface area (Å²) in [7, 11) is 2.85. The van der Waals surface area contributed by atoms with Gasteiger partial charge in [0.15, 0.2) is 22.1 Å². The standard InChI is InChI=1S/C22H25F2N7O3S/c1-5-29(6-2)7-8-31(21-26-17-14(24)9-13(23)10-15(17)35-21)16(32)11-30-12-25-19-18(30)20(33)28(4)22(34)27(19)3/h9-10,12H,5-8,11H2,1-4H3. The molecule has 10 nitrogen and oxygen atoms in total. The van der Waals surface area contributed by atoms with Crippen LogP contribution in [0, 0.1) is 11.6 Å². The second-order valence-corrected chi connectivity index (χ2v) is 9.06. The zero-order chi connectivity index (χ0) is 25.4. The molecule has 0 atom stereocenters. The van der Waals surface area contributed by atoms with Crippen molar-refractivity contribution < 1.29 is 13.6 Å². The van der Waals surface area contributed by atoms with Crippen molar-refractivity contribution in [3.05, 3.63) is 50.9 Å². The van der Waals surface area contributed by atoms with Crippen molar-refractivity contribution in [3.8, 4) is 0 Å². The molecule has 0 aliphatic rings. The summed E-state index contributed by atoms with van der Waals surface area (Å²) in [6.45, 7) is 6.09. The number of aromatic nitrogens is 5. The minimum atomic E-state index is -0.802. The molecule has 4 aromatic rings. The van der Waals surface area contributed by atoms with Crippen molar-refractivity contribution in [1.29, 1.82) is 0 Å². The van der Waals surface area contributed by atoms with Gasteiger partial charge in [0.1, 0.15) is 17.9 Å². The number of nitrogens with zero attached hydrogens (tertiary/aromatic N) is 7. The summed E-state index contributed by atoms with van der Waals surface area (Å²) in [6, 6.07) is 1.94. The average molecular weight is 506 g/mol. The number of hydrogen-bond donors (Lipinski definition) is 0. The number of thiazole rings is 1. The fourth-order valence-corrected chi connectivity index (χ4v) is 4.97. The summed E-state index contributed by atoms with van der Waals surface area (Å²) in [5, 5.41) is 0.228. The fraction of sp³-hybridized carbons (Fsp3) is 0.409. The molecule has 3 aromatic heterocycles. The normalized spacial score (nSPS) is 11.7. The largest absolute Gasteiger partial charge is 0.332 e. The molecule has 0 saturated heterocycles. The number of hydrogen-bond acceptors (Lipinski definition) is 7. The predicted octanol–water partition coefficient (Wildman–Crippen LogP) is 1.70. The first-order valence-electron chi connectivity index (χ1n) is 11.0. The minimum Gasteiger partial charge on any atom is -0.315 e. The Kier molecular flexibility index (Phi) is 6.81. The molecule has 0 N–H and O–H groups in total. The van der Waals surface area contributed by atoms with E-state index in [-0.39, 0.29) is 39.6 Å². The van der Waals surface area contributed by atoms with Gasteiger partial charge in [-0.2, -0.15) is 0 Å². The van der Waals surface area contributed by atoms with Crippen molar-refractivity contribution in [2.24, 2.45) is 14.1 Å². The van der Waals surface area contributed by atoms with Gasteiger partial charge < -0.3 is 9.47 Å². The number of carbonyl (C=O) groups is 1. The average Bonchev–Trinajstić information content (AvgIpc) is 3.43. The number of anilines is 1. The molecule has 0 bridgehead atoms. The van der Waals surface area contributed by atoms with Gasteiger partial charge in [-0.3, -0.25) is 23.6 Å². The predicted molar refractivity (Wildman–Crippen MR) is 130 cm³/mol. The van der Waals surface area contributed by atoms with Crippen molar-refractivity contribution in [1.82, 2.24) is 28.6 Å². The van der Waals surface area contributed by atoms with E-state index in [1.807, 2.05) is 13.8 Å². The maximum atomic E-state index is 14.3. The van der Waals surface area contributed by atoms with Crippen LogP contribution in [0.2, 0.25) is 0 Å². The van der Waals surface area contributed by atoms with Crippen LogP contribution in [0.4, 0.5) is 13.9 Å². The number of benzene rings is 1. The van der Waals surface area contributed by atoms with Gasteiger partial charge in [0, 0.05) is 33.3 Å². The SMILES string of the molecule is CCN(CC)CCN(C(=O)Cn1cnc2c1c(=O)n(C)c(=O)n2C)c1nc2c(F)cc(F)cc2s1. The van der Waals surface area contributed by atoms with Crippen LogP contribution in [0.3, 0.4) is 0 Å². The molecule has 0 radical (unpaired) electrons. The van der Waals surface area contributed by atoms with Crippen molar-refractivity contribution >= 4 is 43.8 Å². The lowest BCUT2D eigenvalue weighted by Crippen LogP contribution is -2.41. The zero-order valence-electron chi connectivity index (χ0n) is 19.8. The first kappa shape index (κ1) is 24.7. The highest BCUT2D eigenvalue weighted by Crippen LogP contribution is 2.31. The molecule has 1 amide bonds. The van der Waals surface area contributed by atoms with Crippen LogP contribution < -0.4 is 16.1 Å². The molecule has 1 aromatic carbocycles. The second kappa shape index (κ2) is 9.66. The number of fused-ring (bicyclic) bond motifs is 2. The van der Waals surface area contributed by atoms with Crippen LogP contribution in [0.5, 0.6) is 0 Å². The molecular weight excluding hydrogens is 480 g/mol. The second-order valence-electron chi connectivity index (χ2n) is 8.05. The molecule has 0 aliphatic carbocycles. The molecule has 0 unspecified atom stereocenters. The van der Waals surface area contributed by atoms with Crippen LogP contribution in [0.25, 0.3) is 21.4 Å². The summed E-state index contributed by atoms with van der Waals surface area (Å²) in [5.74, 6) is -1.94. The lowest BCUT2D eigenvalue weighted by Gasteiger charge is -2.25. The number of carbonyl (C=O) groups excluding carboxylic acids is 1. The molecule has 0 spiro atoms. The van der Waals surface area contributed by atoms with E-state index in [0.29, 0.717) is 6.54 Å². The third-order valence-corrected chi connectivity index (χ3v) is 7.02. The van der Waals surface area contributed by atoms with Crippen LogP contribution in [0.1, 0.15) is 13.8 Å². The highest BCUT2D eigenvalue weighted by molar-refractivity contribution is 7.22. The number of amides is 1. The third kappa shape index (κ3) is 4.48. The molecule has 35 heavy (non-hydrogen) atoms. The molecule has 0 fully saturated rings. The first-order chi connectivity index (χ1) is 16.7. The summed E-state index contributed by atoms with van der Waals surface area (Å²) in [4.78, 5) is 50.4. The van der Waals surface area contributed by atoms with Gasteiger partial charge in [-0.15, -0.1) is 0 Å². The lowest BCUT2D eigenvalue weighted by atomic mass is 10.3. The zero-order valence-corrected chi connectivity index (χ0v) is 20.6. The Labute approximate surface area is 202 Å². The van der Waals surface area contributed by atoms with Gasteiger partial charge in [-0.25, -0.2) is 23.5 Å². The molecular formula is C22H25F2N7O3S. The van der Waals surface area contributed by atoms with E-state index in [4.69, 9.17) is 0 Å². The Morgan fingerprint density at radius 1 is 1.09 bits per heavy atom. The summed E-state index contributed by atoms with van der Waals surface area (Å²) in [5.41, 5.74) is -0.824. The monoisotopic (exact) mass is 505 g/mol. The van der Waals surface area contributed by atoms with Crippen LogP contribution in [-0.4, -0.2) is 60.7 Å². The molecule has 4 rings (SSSR count). The number of halogens is 2. The molecule has 0 aliphatic heterocycles. The highest BCUT2D eigenvalue weighted by Gasteiger charge is 2.24. The van der Waals surface area contributed by atoms with Gasteiger partial charge in [0.2, 0.25) is 5.91 Å². The lowest BCUT2D eigenvalue weighted by molar-refractivity contribution is -0.119. The van der Waals surface area contributed by atoms with Gasteiger partial charge in [0.05, 0.1) is 11.0 Å². The van der Waals surface area contributed by atoms with E-state index in [9.17, 15) is 23.2 Å². The van der Waals surface area contributed by atoms with Crippen LogP contribution >= 0.6 is 11.3 Å². The van der Waals surface area contributed by atoms with Gasteiger partial charge >= 0.3 is 5.69 Å². The molecule has 186 valence electrons. The van der Waals surface area contributed by atoms with Gasteiger partial charge in [-0.1, -0.05) is 25.2 Å². The Morgan fingerprint density at radius 2 is 1.80 bits per heavy atom. The minimum absolute atomic E-state index is 0.0102. The Balaban J connectivity index is 1.74. The molecule has 3 heterocycles. The van der Waals surface area contributed by atoms with Crippen molar-refractivity contribution in [3.63, 3.8) is 0 Å². The molecule has 0 saturated carbocycles. The van der Waals surface area contributed by atoms with Crippen LogP contribution in [-0.2, 0) is 25.4 Å². The summed E-state index contributed by atoms with van der Waals surface area (Å²) < 4.78 is 31.9. The Bertz CT molecular complexity index is 1530. The smallest absolute Gasteiger partial charge is 0.315 e. The number of imidazole rings is 1.